The third kappa shape index (κ3) is 7.10. The highest BCUT2D eigenvalue weighted by Gasteiger charge is 2.35. The maximum Gasteiger partial charge on any atom is 0.220 e. The van der Waals surface area contributed by atoms with Crippen LogP contribution in [0.1, 0.15) is 5.56 Å². The Balaban J connectivity index is 1.12. The quantitative estimate of drug-likeness (QED) is 0.149. The van der Waals surface area contributed by atoms with E-state index in [4.69, 9.17) is 9.26 Å². The molecule has 0 saturated heterocycles. The summed E-state index contributed by atoms with van der Waals surface area (Å²) < 4.78 is 15.8. The van der Waals surface area contributed by atoms with E-state index in [-0.39, 0.29) is 0 Å². The van der Waals surface area contributed by atoms with Gasteiger partial charge in [-0.15, -0.1) is 22.7 Å². The fourth-order valence-electron chi connectivity index (χ4n) is 14.2. The van der Waals surface area contributed by atoms with Gasteiger partial charge in [-0.1, -0.05) is 212 Å². The fourth-order valence-corrected chi connectivity index (χ4v) is 16.6. The second kappa shape index (κ2) is 19.1. The molecule has 5 nitrogen and oxygen atoms in total. The summed E-state index contributed by atoms with van der Waals surface area (Å²) in [4.78, 5) is 4.72. The van der Waals surface area contributed by atoms with Gasteiger partial charge in [-0.25, -0.2) is 4.85 Å². The van der Waals surface area contributed by atoms with Crippen LogP contribution in [0, 0.1) is 17.9 Å². The monoisotopic (exact) mass is 1140 g/mol. The fraction of sp³-hybridized carbons (Fsp3) is 0. The number of aromatic nitrogens is 2. The molecular formula is C80H44N4OS2. The second-order valence-corrected chi connectivity index (χ2v) is 24.4. The molecule has 18 rings (SSSR count). The van der Waals surface area contributed by atoms with E-state index in [0.717, 1.165) is 136 Å². The van der Waals surface area contributed by atoms with Gasteiger partial charge in [-0.2, -0.15) is 5.26 Å². The first-order valence-corrected chi connectivity index (χ1v) is 30.7. The molecule has 0 radical (unpaired) electrons. The Labute approximate surface area is 506 Å². The third-order valence-electron chi connectivity index (χ3n) is 17.8. The SMILES string of the molecule is [C-]#[N+]c1c(-c2ccccc2)c(C#N)c(-n2c3c4sc5ccccc5c4cc(-c4ccccc4)c3c3c(-c4ccccc4)cc4c5ccccc5sc4c32)c(-c2ccccc2)c1-n1c2ccccc2c2c(-c3ccc4oc5ccccc5c4c3)cccc21. The van der Waals surface area contributed by atoms with Crippen LogP contribution in [-0.4, -0.2) is 9.13 Å². The molecule has 0 unspecified atom stereocenters. The van der Waals surface area contributed by atoms with E-state index in [2.05, 4.69) is 252 Å². The lowest BCUT2D eigenvalue weighted by Gasteiger charge is -2.26. The van der Waals surface area contributed by atoms with Gasteiger partial charge in [-0.05, 0) is 99.1 Å². The lowest BCUT2D eigenvalue weighted by atomic mass is 9.88. The van der Waals surface area contributed by atoms with Crippen molar-refractivity contribution >= 4 is 134 Å². The topological polar surface area (TPSA) is 51.1 Å². The Morgan fingerprint density at radius 1 is 0.368 bits per heavy atom. The van der Waals surface area contributed by atoms with Gasteiger partial charge in [0.15, 0.2) is 0 Å². The molecule has 0 N–H and O–H groups in total. The molecule has 402 valence electrons. The number of thiophene rings is 2. The van der Waals surface area contributed by atoms with E-state index in [1.54, 1.807) is 22.7 Å². The summed E-state index contributed by atoms with van der Waals surface area (Å²) in [5, 5.41) is 23.7. The molecule has 87 heavy (non-hydrogen) atoms. The predicted molar refractivity (Wildman–Crippen MR) is 366 cm³/mol. The minimum atomic E-state index is 0.384. The highest BCUT2D eigenvalue weighted by atomic mass is 32.1. The standard InChI is InChI=1S/C80H44N4OS2/c1-82-74-69(49-27-10-4-11-28-49)62(46-81)75(70(50-29-12-5-13-30-50)76(74)83-63-36-18-14-34-56(63)71-52(35-22-37-64(71)83)51-41-42-66-59(43-51)53-31-15-19-38-65(53)85-66)84-77-72(57(47-23-6-2-7-24-47)44-60-54-32-16-20-39-67(54)86-79(60)77)73-58(48-25-8-3-9-26-48)45-61-55-33-17-21-40-68(55)87-80(61)78(73)84/h2-45H. The number of benzene rings is 13. The number of furan rings is 1. The molecule has 18 aromatic rings. The molecule has 0 aliphatic carbocycles. The van der Waals surface area contributed by atoms with Gasteiger partial charge in [0.2, 0.25) is 5.69 Å². The number of hydrogen-bond acceptors (Lipinski definition) is 4. The number of nitrogens with zero attached hydrogens (tertiary/aromatic N) is 4. The zero-order chi connectivity index (χ0) is 57.4. The van der Waals surface area contributed by atoms with Crippen LogP contribution < -0.4 is 0 Å². The van der Waals surface area contributed by atoms with Crippen molar-refractivity contribution < 1.29 is 4.42 Å². The first-order valence-electron chi connectivity index (χ1n) is 29.1. The van der Waals surface area contributed by atoms with E-state index in [1.807, 2.05) is 30.3 Å². The number of fused-ring (bicyclic) bond motifs is 17. The Kier molecular flexibility index (Phi) is 10.8. The Morgan fingerprint density at radius 2 is 0.862 bits per heavy atom. The van der Waals surface area contributed by atoms with Gasteiger partial charge in [0.25, 0.3) is 0 Å². The maximum absolute atomic E-state index is 12.7. The van der Waals surface area contributed by atoms with Crippen LogP contribution in [-0.2, 0) is 0 Å². The van der Waals surface area contributed by atoms with Gasteiger partial charge < -0.3 is 13.6 Å². The normalized spacial score (nSPS) is 11.9. The van der Waals surface area contributed by atoms with Crippen molar-refractivity contribution in [2.75, 3.05) is 0 Å². The Bertz CT molecular complexity index is 5840. The van der Waals surface area contributed by atoms with Crippen LogP contribution in [0.3, 0.4) is 0 Å². The molecule has 5 aromatic heterocycles. The van der Waals surface area contributed by atoms with Crippen molar-refractivity contribution in [2.24, 2.45) is 0 Å². The number of nitriles is 1. The average molecular weight is 1140 g/mol. The van der Waals surface area contributed by atoms with Gasteiger partial charge in [0.1, 0.15) is 17.2 Å². The molecule has 0 bridgehead atoms. The van der Waals surface area contributed by atoms with Crippen molar-refractivity contribution in [3.05, 3.63) is 284 Å². The van der Waals surface area contributed by atoms with Crippen LogP contribution in [0.25, 0.3) is 178 Å². The van der Waals surface area contributed by atoms with Crippen molar-refractivity contribution in [1.82, 2.24) is 9.13 Å². The summed E-state index contributed by atoms with van der Waals surface area (Å²) in [6.07, 6.45) is 0. The minimum absolute atomic E-state index is 0.384. The molecule has 0 saturated carbocycles. The molecule has 0 aliphatic rings. The highest BCUT2D eigenvalue weighted by Crippen LogP contribution is 2.58. The smallest absolute Gasteiger partial charge is 0.220 e. The van der Waals surface area contributed by atoms with Gasteiger partial charge in [-0.3, -0.25) is 0 Å². The van der Waals surface area contributed by atoms with Gasteiger partial charge in [0, 0.05) is 74.4 Å². The number of para-hydroxylation sites is 2. The first kappa shape index (κ1) is 49.1. The second-order valence-electron chi connectivity index (χ2n) is 22.3. The predicted octanol–water partition coefficient (Wildman–Crippen LogP) is 23.3. The van der Waals surface area contributed by atoms with Crippen molar-refractivity contribution in [1.29, 1.82) is 5.26 Å². The Morgan fingerprint density at radius 3 is 1.45 bits per heavy atom. The lowest BCUT2D eigenvalue weighted by molar-refractivity contribution is 0.669. The van der Waals surface area contributed by atoms with E-state index in [1.165, 1.54) is 20.2 Å². The van der Waals surface area contributed by atoms with Gasteiger partial charge >= 0.3 is 0 Å². The summed E-state index contributed by atoms with van der Waals surface area (Å²) in [6, 6.07) is 97.6. The van der Waals surface area contributed by atoms with Crippen molar-refractivity contribution in [2.45, 2.75) is 0 Å². The van der Waals surface area contributed by atoms with Crippen molar-refractivity contribution in [3.8, 4) is 73.1 Å². The largest absolute Gasteiger partial charge is 0.456 e. The lowest BCUT2D eigenvalue weighted by Crippen LogP contribution is -2.09. The number of rotatable bonds is 7. The van der Waals surface area contributed by atoms with E-state index in [0.29, 0.717) is 28.2 Å². The minimum Gasteiger partial charge on any atom is -0.456 e. The molecule has 0 amide bonds. The maximum atomic E-state index is 12.7. The average Bonchev–Trinajstić information content (AvgIpc) is 1.62. The van der Waals surface area contributed by atoms with Crippen LogP contribution in [0.4, 0.5) is 5.69 Å². The van der Waals surface area contributed by atoms with Crippen LogP contribution in [0.2, 0.25) is 0 Å². The molecule has 0 fully saturated rings. The molecular weight excluding hydrogens is 1100 g/mol. The van der Waals surface area contributed by atoms with Crippen LogP contribution in [0.15, 0.2) is 271 Å². The molecule has 7 heteroatoms. The molecule has 5 heterocycles. The molecule has 0 aliphatic heterocycles. The summed E-state index contributed by atoms with van der Waals surface area (Å²) in [5.41, 5.74) is 17.2. The zero-order valence-electron chi connectivity index (χ0n) is 46.4. The zero-order valence-corrected chi connectivity index (χ0v) is 48.1. The summed E-state index contributed by atoms with van der Waals surface area (Å²) >= 11 is 3.60. The summed E-state index contributed by atoms with van der Waals surface area (Å²) in [7, 11) is 0. The van der Waals surface area contributed by atoms with Crippen LogP contribution in [0.5, 0.6) is 0 Å². The summed E-state index contributed by atoms with van der Waals surface area (Å²) in [6.45, 7) is 9.71. The van der Waals surface area contributed by atoms with E-state index < -0.39 is 0 Å². The number of hydrogen-bond donors (Lipinski definition) is 0. The highest BCUT2D eigenvalue weighted by molar-refractivity contribution is 7.27. The molecule has 0 spiro atoms. The molecule has 0 atom stereocenters. The van der Waals surface area contributed by atoms with Crippen LogP contribution >= 0.6 is 22.7 Å². The Hall–Kier alpha value is -11.3. The first-order chi connectivity index (χ1) is 43.1. The van der Waals surface area contributed by atoms with E-state index in [9.17, 15) is 11.8 Å². The van der Waals surface area contributed by atoms with E-state index >= 15 is 0 Å². The van der Waals surface area contributed by atoms with Crippen molar-refractivity contribution in [3.63, 3.8) is 0 Å². The summed E-state index contributed by atoms with van der Waals surface area (Å²) in [5.74, 6) is 0. The molecule has 13 aromatic carbocycles. The van der Waals surface area contributed by atoms with Gasteiger partial charge in [0.05, 0.1) is 55.0 Å². The third-order valence-corrected chi connectivity index (χ3v) is 20.1.